The molecule has 0 aliphatic heterocycles. The van der Waals surface area contributed by atoms with Crippen LogP contribution in [-0.2, 0) is 11.8 Å². The normalized spacial score (nSPS) is 11.1. The molecule has 0 radical (unpaired) electrons. The zero-order valence-corrected chi connectivity index (χ0v) is 11.7. The molecule has 1 aromatic rings. The first-order valence-electron chi connectivity index (χ1n) is 5.96. The Kier molecular flexibility index (Phi) is 9.94. The van der Waals surface area contributed by atoms with Crippen LogP contribution < -0.4 is 0 Å². The van der Waals surface area contributed by atoms with Gasteiger partial charge in [0.2, 0.25) is 0 Å². The Hall–Kier alpha value is -0.950. The molecule has 0 saturated carbocycles. The third kappa shape index (κ3) is 6.52. The highest BCUT2D eigenvalue weighted by Gasteiger charge is 2.05. The summed E-state index contributed by atoms with van der Waals surface area (Å²) in [5, 5.41) is 0. The van der Waals surface area contributed by atoms with E-state index in [0.717, 1.165) is 6.42 Å². The molecule has 0 N–H and O–H groups in total. The summed E-state index contributed by atoms with van der Waals surface area (Å²) in [7, 11) is 0. The SMILES string of the molecule is C/C=C\C(=C/CC)[SH+]c1ccccc1.CC. The fourth-order valence-electron chi connectivity index (χ4n) is 1.18. The van der Waals surface area contributed by atoms with Gasteiger partial charge >= 0.3 is 0 Å². The minimum atomic E-state index is 1.10. The maximum Gasteiger partial charge on any atom is 0.158 e. The Morgan fingerprint density at radius 3 is 2.31 bits per heavy atom. The summed E-state index contributed by atoms with van der Waals surface area (Å²) in [5.41, 5.74) is 0. The smallest absolute Gasteiger partial charge is 0.0827 e. The first-order chi connectivity index (χ1) is 7.86. The van der Waals surface area contributed by atoms with Crippen LogP contribution in [0.5, 0.6) is 0 Å². The van der Waals surface area contributed by atoms with E-state index in [1.807, 2.05) is 13.8 Å². The monoisotopic (exact) mass is 235 g/mol. The number of hydrogen-bond acceptors (Lipinski definition) is 0. The molecule has 16 heavy (non-hydrogen) atoms. The van der Waals surface area contributed by atoms with E-state index >= 15 is 0 Å². The molecule has 1 rings (SSSR count). The fourth-order valence-corrected chi connectivity index (χ4v) is 2.30. The van der Waals surface area contributed by atoms with Crippen molar-refractivity contribution in [3.63, 3.8) is 0 Å². The van der Waals surface area contributed by atoms with Crippen molar-refractivity contribution in [1.29, 1.82) is 0 Å². The molecule has 0 atom stereocenters. The Morgan fingerprint density at radius 2 is 1.81 bits per heavy atom. The molecule has 1 heteroatoms. The summed E-state index contributed by atoms with van der Waals surface area (Å²) in [5.74, 6) is 0. The van der Waals surface area contributed by atoms with Crippen LogP contribution in [0.1, 0.15) is 34.1 Å². The van der Waals surface area contributed by atoms with E-state index in [1.165, 1.54) is 21.6 Å². The topological polar surface area (TPSA) is 0 Å². The second-order valence-corrected chi connectivity index (χ2v) is 4.24. The van der Waals surface area contributed by atoms with Crippen molar-refractivity contribution in [2.24, 2.45) is 0 Å². The molecule has 0 aromatic heterocycles. The van der Waals surface area contributed by atoms with Crippen molar-refractivity contribution in [2.45, 2.75) is 39.0 Å². The predicted octanol–water partition coefficient (Wildman–Crippen LogP) is 4.76. The highest BCUT2D eigenvalue weighted by Crippen LogP contribution is 2.11. The molecule has 0 saturated heterocycles. The maximum absolute atomic E-state index is 2.27. The highest BCUT2D eigenvalue weighted by atomic mass is 32.2. The summed E-state index contributed by atoms with van der Waals surface area (Å²) in [6.07, 6.45) is 7.64. The molecule has 1 aromatic carbocycles. The van der Waals surface area contributed by atoms with E-state index in [4.69, 9.17) is 0 Å². The summed E-state index contributed by atoms with van der Waals surface area (Å²) < 4.78 is 0. The zero-order valence-electron chi connectivity index (χ0n) is 10.8. The van der Waals surface area contributed by atoms with E-state index in [9.17, 15) is 0 Å². The van der Waals surface area contributed by atoms with Gasteiger partial charge in [-0.3, -0.25) is 0 Å². The molecular formula is C15H23S+. The summed E-state index contributed by atoms with van der Waals surface area (Å²) in [6, 6.07) is 10.5. The Bertz CT molecular complexity index is 309. The van der Waals surface area contributed by atoms with Gasteiger partial charge in [-0.05, 0) is 37.6 Å². The van der Waals surface area contributed by atoms with E-state index in [0.29, 0.717) is 0 Å². The lowest BCUT2D eigenvalue weighted by atomic mass is 10.4. The van der Waals surface area contributed by atoms with Crippen LogP contribution in [0, 0.1) is 0 Å². The van der Waals surface area contributed by atoms with Gasteiger partial charge in [-0.25, -0.2) is 0 Å². The lowest BCUT2D eigenvalue weighted by molar-refractivity contribution is 1.22. The average molecular weight is 235 g/mol. The van der Waals surface area contributed by atoms with E-state index < -0.39 is 0 Å². The molecule has 0 heterocycles. The van der Waals surface area contributed by atoms with Gasteiger partial charge in [0, 0.05) is 11.8 Å². The number of hydrogen-bond donors (Lipinski definition) is 0. The van der Waals surface area contributed by atoms with Crippen LogP contribution in [0.2, 0.25) is 0 Å². The van der Waals surface area contributed by atoms with E-state index in [1.54, 1.807) is 0 Å². The van der Waals surface area contributed by atoms with Crippen LogP contribution in [0.15, 0.2) is 58.4 Å². The fraction of sp³-hybridized carbons (Fsp3) is 0.333. The van der Waals surface area contributed by atoms with Gasteiger partial charge in [-0.2, -0.15) is 0 Å². The van der Waals surface area contributed by atoms with E-state index in [2.05, 4.69) is 62.4 Å². The Morgan fingerprint density at radius 1 is 1.19 bits per heavy atom. The number of rotatable bonds is 4. The first kappa shape index (κ1) is 15.0. The van der Waals surface area contributed by atoms with Crippen LogP contribution in [0.4, 0.5) is 0 Å². The second kappa shape index (κ2) is 10.6. The minimum absolute atomic E-state index is 1.10. The first-order valence-corrected chi connectivity index (χ1v) is 6.86. The lowest BCUT2D eigenvalue weighted by Crippen LogP contribution is -1.85. The molecule has 0 bridgehead atoms. The third-order valence-electron chi connectivity index (χ3n) is 1.77. The van der Waals surface area contributed by atoms with Gasteiger partial charge in [0.1, 0.15) is 0 Å². The summed E-state index contributed by atoms with van der Waals surface area (Å²) in [4.78, 5) is 2.73. The summed E-state index contributed by atoms with van der Waals surface area (Å²) in [6.45, 7) is 8.23. The quantitative estimate of drug-likeness (QED) is 0.401. The second-order valence-electron chi connectivity index (χ2n) is 2.98. The third-order valence-corrected chi connectivity index (χ3v) is 2.91. The molecule has 0 unspecified atom stereocenters. The number of benzene rings is 1. The van der Waals surface area contributed by atoms with Gasteiger partial charge in [-0.15, -0.1) is 0 Å². The molecule has 0 spiro atoms. The molecule has 0 aliphatic carbocycles. The summed E-state index contributed by atoms with van der Waals surface area (Å²) >= 11 is 1.30. The lowest BCUT2D eigenvalue weighted by Gasteiger charge is -1.91. The standard InChI is InChI=1S/C13H16S.C2H6/c1-3-8-12(9-4-2)14-13-10-6-5-7-11-13;1-2/h3,5-11H,4H2,1-2H3;1-2H3/p+1/b8-3-,12-9+;. The Labute approximate surface area is 104 Å². The van der Waals surface area contributed by atoms with Gasteiger partial charge < -0.3 is 0 Å². The van der Waals surface area contributed by atoms with Crippen molar-refractivity contribution in [1.82, 2.24) is 0 Å². The van der Waals surface area contributed by atoms with Crippen molar-refractivity contribution in [3.8, 4) is 0 Å². The van der Waals surface area contributed by atoms with Crippen molar-refractivity contribution >= 4 is 11.8 Å². The Balaban J connectivity index is 0.00000106. The molecular weight excluding hydrogens is 212 g/mol. The van der Waals surface area contributed by atoms with Crippen LogP contribution in [0.3, 0.4) is 0 Å². The van der Waals surface area contributed by atoms with Crippen LogP contribution >= 0.6 is 0 Å². The average Bonchev–Trinajstić information content (AvgIpc) is 2.34. The zero-order chi connectivity index (χ0) is 12.2. The number of allylic oxidation sites excluding steroid dienone is 3. The van der Waals surface area contributed by atoms with Gasteiger partial charge in [0.25, 0.3) is 0 Å². The van der Waals surface area contributed by atoms with Gasteiger partial charge in [0.05, 0.1) is 0 Å². The van der Waals surface area contributed by atoms with Crippen molar-refractivity contribution < 1.29 is 0 Å². The molecule has 0 amide bonds. The molecule has 88 valence electrons. The van der Waals surface area contributed by atoms with Crippen LogP contribution in [0.25, 0.3) is 0 Å². The number of thiol groups is 1. The highest BCUT2D eigenvalue weighted by molar-refractivity contribution is 7.83. The van der Waals surface area contributed by atoms with E-state index in [-0.39, 0.29) is 0 Å². The minimum Gasteiger partial charge on any atom is -0.0827 e. The molecule has 0 aliphatic rings. The predicted molar refractivity (Wildman–Crippen MR) is 78.0 cm³/mol. The van der Waals surface area contributed by atoms with Crippen LogP contribution in [-0.4, -0.2) is 0 Å². The molecule has 0 nitrogen and oxygen atoms in total. The largest absolute Gasteiger partial charge is 0.158 e. The van der Waals surface area contributed by atoms with Crippen molar-refractivity contribution in [2.75, 3.05) is 0 Å². The molecule has 0 fully saturated rings. The van der Waals surface area contributed by atoms with Crippen molar-refractivity contribution in [3.05, 3.63) is 53.5 Å². The van der Waals surface area contributed by atoms with Gasteiger partial charge in [0.15, 0.2) is 9.80 Å². The maximum atomic E-state index is 2.27. The van der Waals surface area contributed by atoms with Gasteiger partial charge in [-0.1, -0.05) is 45.0 Å².